The van der Waals surface area contributed by atoms with Crippen LogP contribution in [-0.4, -0.2) is 35.3 Å². The second-order valence-corrected chi connectivity index (χ2v) is 5.51. The number of methoxy groups -OCH3 is 1. The third kappa shape index (κ3) is 4.86. The van der Waals surface area contributed by atoms with Crippen LogP contribution in [0.15, 0.2) is 0 Å². The monoisotopic (exact) mass is 220 g/mol. The van der Waals surface area contributed by atoms with E-state index >= 15 is 0 Å². The van der Waals surface area contributed by atoms with Crippen molar-refractivity contribution in [3.63, 3.8) is 0 Å². The van der Waals surface area contributed by atoms with Crippen molar-refractivity contribution >= 4 is 17.7 Å². The van der Waals surface area contributed by atoms with Crippen molar-refractivity contribution in [3.8, 4) is 0 Å². The Morgan fingerprint density at radius 3 is 2.50 bits per heavy atom. The molecule has 14 heavy (non-hydrogen) atoms. The molecule has 0 aliphatic heterocycles. The number of carboxylic acid groups (broad SMARTS) is 1. The molecule has 0 saturated heterocycles. The zero-order valence-electron chi connectivity index (χ0n) is 9.37. The summed E-state index contributed by atoms with van der Waals surface area (Å²) in [6.07, 6.45) is 0.552. The number of ether oxygens (including phenoxy) is 1. The number of carbonyl (C=O) groups is 1. The first kappa shape index (κ1) is 13.8. The highest BCUT2D eigenvalue weighted by Gasteiger charge is 2.33. The topological polar surface area (TPSA) is 46.5 Å². The van der Waals surface area contributed by atoms with Crippen LogP contribution in [0.1, 0.15) is 27.2 Å². The first-order valence-corrected chi connectivity index (χ1v) is 5.77. The molecular formula is C10H20O3S. The average Bonchev–Trinajstić information content (AvgIpc) is 2.11. The van der Waals surface area contributed by atoms with E-state index in [0.717, 1.165) is 5.75 Å². The van der Waals surface area contributed by atoms with Crippen LogP contribution >= 0.6 is 11.8 Å². The van der Waals surface area contributed by atoms with E-state index in [4.69, 9.17) is 9.84 Å². The highest BCUT2D eigenvalue weighted by Crippen LogP contribution is 2.30. The summed E-state index contributed by atoms with van der Waals surface area (Å²) in [6, 6.07) is 0. The van der Waals surface area contributed by atoms with Gasteiger partial charge in [0.2, 0.25) is 0 Å². The molecule has 3 nitrogen and oxygen atoms in total. The van der Waals surface area contributed by atoms with Crippen molar-refractivity contribution in [3.05, 3.63) is 0 Å². The van der Waals surface area contributed by atoms with Gasteiger partial charge in [-0.05, 0) is 25.0 Å². The molecule has 1 atom stereocenters. The van der Waals surface area contributed by atoms with Crippen LogP contribution in [0.4, 0.5) is 0 Å². The fourth-order valence-corrected chi connectivity index (χ4v) is 1.94. The maximum Gasteiger partial charge on any atom is 0.319 e. The van der Waals surface area contributed by atoms with Crippen LogP contribution in [0.5, 0.6) is 0 Å². The molecule has 0 radical (unpaired) electrons. The summed E-state index contributed by atoms with van der Waals surface area (Å²) in [4.78, 5) is 11.1. The number of rotatable bonds is 7. The molecule has 84 valence electrons. The minimum Gasteiger partial charge on any atom is -0.480 e. The summed E-state index contributed by atoms with van der Waals surface area (Å²) in [5.74, 6) is 0.633. The van der Waals surface area contributed by atoms with Gasteiger partial charge >= 0.3 is 5.97 Å². The third-order valence-corrected chi connectivity index (χ3v) is 3.82. The largest absolute Gasteiger partial charge is 0.480 e. The van der Waals surface area contributed by atoms with Crippen molar-refractivity contribution < 1.29 is 14.6 Å². The van der Waals surface area contributed by atoms with E-state index in [1.54, 1.807) is 14.0 Å². The highest BCUT2D eigenvalue weighted by atomic mass is 32.2. The SMILES string of the molecule is COCCC(C)(SCC(C)C)C(=O)O. The average molecular weight is 220 g/mol. The molecule has 0 aromatic carbocycles. The molecule has 0 heterocycles. The molecule has 0 bridgehead atoms. The minimum absolute atomic E-state index is 0.494. The Morgan fingerprint density at radius 2 is 2.14 bits per heavy atom. The molecule has 0 aromatic rings. The van der Waals surface area contributed by atoms with Gasteiger partial charge in [0.25, 0.3) is 0 Å². The molecule has 0 fully saturated rings. The molecule has 0 aliphatic rings. The maximum absolute atomic E-state index is 11.1. The normalized spacial score (nSPS) is 15.5. The number of hydrogen-bond donors (Lipinski definition) is 1. The standard InChI is InChI=1S/C10H20O3S/c1-8(2)7-14-10(3,9(11)12)5-6-13-4/h8H,5-7H2,1-4H3,(H,11,12). The van der Waals surface area contributed by atoms with Gasteiger partial charge in [-0.25, -0.2) is 0 Å². The van der Waals surface area contributed by atoms with Gasteiger partial charge in [0.1, 0.15) is 4.75 Å². The van der Waals surface area contributed by atoms with Gasteiger partial charge in [-0.3, -0.25) is 4.79 Å². The molecular weight excluding hydrogens is 200 g/mol. The van der Waals surface area contributed by atoms with Crippen LogP contribution in [0.3, 0.4) is 0 Å². The molecule has 1 unspecified atom stereocenters. The van der Waals surface area contributed by atoms with Crippen LogP contribution in [0, 0.1) is 5.92 Å². The molecule has 0 rings (SSSR count). The van der Waals surface area contributed by atoms with Crippen LogP contribution in [-0.2, 0) is 9.53 Å². The summed E-state index contributed by atoms with van der Waals surface area (Å²) in [5.41, 5.74) is 0. The van der Waals surface area contributed by atoms with E-state index in [1.165, 1.54) is 11.8 Å². The van der Waals surface area contributed by atoms with Crippen molar-refractivity contribution in [1.29, 1.82) is 0 Å². The fourth-order valence-electron chi connectivity index (χ4n) is 0.888. The first-order chi connectivity index (χ1) is 6.42. The van der Waals surface area contributed by atoms with Gasteiger partial charge < -0.3 is 9.84 Å². The van der Waals surface area contributed by atoms with E-state index < -0.39 is 10.7 Å². The summed E-state index contributed by atoms with van der Waals surface area (Å²) in [6.45, 7) is 6.44. The van der Waals surface area contributed by atoms with Gasteiger partial charge in [-0.1, -0.05) is 13.8 Å². The molecule has 0 spiro atoms. The minimum atomic E-state index is -0.750. The van der Waals surface area contributed by atoms with Crippen molar-refractivity contribution in [2.24, 2.45) is 5.92 Å². The summed E-state index contributed by atoms with van der Waals surface area (Å²) < 4.78 is 4.21. The van der Waals surface area contributed by atoms with Crippen LogP contribution < -0.4 is 0 Å². The predicted octanol–water partition coefficient (Wildman–Crippen LogP) is 2.26. The van der Waals surface area contributed by atoms with E-state index in [2.05, 4.69) is 13.8 Å². The smallest absolute Gasteiger partial charge is 0.319 e. The molecule has 4 heteroatoms. The number of hydrogen-bond acceptors (Lipinski definition) is 3. The van der Waals surface area contributed by atoms with Crippen LogP contribution in [0.2, 0.25) is 0 Å². The molecule has 0 aliphatic carbocycles. The fraction of sp³-hybridized carbons (Fsp3) is 0.900. The summed E-state index contributed by atoms with van der Waals surface area (Å²) in [5, 5.41) is 9.10. The number of thioether (sulfide) groups is 1. The van der Waals surface area contributed by atoms with Crippen LogP contribution in [0.25, 0.3) is 0 Å². The first-order valence-electron chi connectivity index (χ1n) is 4.78. The van der Waals surface area contributed by atoms with E-state index in [9.17, 15) is 4.79 Å². The second-order valence-electron chi connectivity index (χ2n) is 3.98. The van der Waals surface area contributed by atoms with Gasteiger partial charge in [-0.2, -0.15) is 0 Å². The van der Waals surface area contributed by atoms with Crippen molar-refractivity contribution in [2.45, 2.75) is 31.9 Å². The quantitative estimate of drug-likeness (QED) is 0.715. The van der Waals surface area contributed by atoms with Gasteiger partial charge in [0.05, 0.1) is 0 Å². The van der Waals surface area contributed by atoms with E-state index in [-0.39, 0.29) is 0 Å². The van der Waals surface area contributed by atoms with Gasteiger partial charge in [0.15, 0.2) is 0 Å². The zero-order chi connectivity index (χ0) is 11.2. The van der Waals surface area contributed by atoms with Crippen molar-refractivity contribution in [2.75, 3.05) is 19.5 Å². The predicted molar refractivity (Wildman–Crippen MR) is 59.8 cm³/mol. The summed E-state index contributed by atoms with van der Waals surface area (Å²) in [7, 11) is 1.59. The number of carboxylic acids is 1. The van der Waals surface area contributed by atoms with Crippen molar-refractivity contribution in [1.82, 2.24) is 0 Å². The van der Waals surface area contributed by atoms with Gasteiger partial charge in [0, 0.05) is 13.7 Å². The van der Waals surface area contributed by atoms with E-state index in [0.29, 0.717) is 18.9 Å². The third-order valence-electron chi connectivity index (χ3n) is 1.97. The van der Waals surface area contributed by atoms with E-state index in [1.807, 2.05) is 0 Å². The lowest BCUT2D eigenvalue weighted by Gasteiger charge is -2.24. The van der Waals surface area contributed by atoms with Gasteiger partial charge in [-0.15, -0.1) is 11.8 Å². The highest BCUT2D eigenvalue weighted by molar-refractivity contribution is 8.01. The Labute approximate surface area is 90.2 Å². The molecule has 0 saturated carbocycles. The maximum atomic E-state index is 11.1. The second kappa shape index (κ2) is 6.30. The Balaban J connectivity index is 4.17. The lowest BCUT2D eigenvalue weighted by Crippen LogP contribution is -2.33. The number of aliphatic carboxylic acids is 1. The summed E-state index contributed by atoms with van der Waals surface area (Å²) >= 11 is 1.50. The molecule has 0 amide bonds. The Morgan fingerprint density at radius 1 is 1.57 bits per heavy atom. The lowest BCUT2D eigenvalue weighted by atomic mass is 10.1. The Bertz CT molecular complexity index is 182. The molecule has 1 N–H and O–H groups in total. The lowest BCUT2D eigenvalue weighted by molar-refractivity contribution is -0.139. The Hall–Kier alpha value is -0.220. The zero-order valence-corrected chi connectivity index (χ0v) is 10.2. The molecule has 0 aromatic heterocycles. The Kier molecular flexibility index (Phi) is 6.20.